The lowest BCUT2D eigenvalue weighted by Crippen LogP contribution is -2.54. The number of carbonyl (C=O) groups excluding carboxylic acids is 2. The minimum absolute atomic E-state index is 0.0174. The highest BCUT2D eigenvalue weighted by atomic mass is 16.7. The van der Waals surface area contributed by atoms with Gasteiger partial charge in [-0.1, -0.05) is 50.2 Å². The Labute approximate surface area is 181 Å². The van der Waals surface area contributed by atoms with Crippen LogP contribution < -0.4 is 0 Å². The Balaban J connectivity index is 1.76. The predicted octanol–water partition coefficient (Wildman–Crippen LogP) is 4.08. The van der Waals surface area contributed by atoms with Crippen LogP contribution in [0.1, 0.15) is 41.5 Å². The van der Waals surface area contributed by atoms with Crippen LogP contribution in [0.3, 0.4) is 0 Å². The summed E-state index contributed by atoms with van der Waals surface area (Å²) in [5.74, 6) is -1.27. The minimum Gasteiger partial charge on any atom is -0.459 e. The third kappa shape index (κ3) is 5.70. The summed E-state index contributed by atoms with van der Waals surface area (Å²) in [4.78, 5) is 25.1. The van der Waals surface area contributed by atoms with Crippen LogP contribution in [0, 0.1) is 17.2 Å². The first-order valence-electron chi connectivity index (χ1n) is 10.2. The summed E-state index contributed by atoms with van der Waals surface area (Å²) in [6.45, 7) is 5.24. The smallest absolute Gasteiger partial charge is 0.338 e. The number of benzene rings is 2. The second-order valence-electron chi connectivity index (χ2n) is 7.64. The van der Waals surface area contributed by atoms with Gasteiger partial charge >= 0.3 is 11.9 Å². The van der Waals surface area contributed by atoms with Crippen molar-refractivity contribution in [2.45, 2.75) is 39.3 Å². The Hall–Kier alpha value is -3.19. The van der Waals surface area contributed by atoms with Crippen LogP contribution in [0.4, 0.5) is 0 Å². The molecule has 7 nitrogen and oxygen atoms in total. The summed E-state index contributed by atoms with van der Waals surface area (Å²) >= 11 is 0. The molecular weight excluding hydrogens is 398 g/mol. The van der Waals surface area contributed by atoms with Crippen molar-refractivity contribution in [1.29, 1.82) is 5.41 Å². The van der Waals surface area contributed by atoms with Crippen molar-refractivity contribution in [3.05, 3.63) is 71.8 Å². The lowest BCUT2D eigenvalue weighted by molar-refractivity contribution is -0.243. The highest BCUT2D eigenvalue weighted by Crippen LogP contribution is 2.34. The molecule has 0 radical (unpaired) electrons. The highest BCUT2D eigenvalue weighted by molar-refractivity contribution is 5.90. The number of esters is 2. The molecule has 164 valence electrons. The predicted molar refractivity (Wildman–Crippen MR) is 114 cm³/mol. The van der Waals surface area contributed by atoms with E-state index in [9.17, 15) is 9.59 Å². The molecule has 2 aromatic rings. The second kappa shape index (κ2) is 10.2. The maximum atomic E-state index is 12.7. The van der Waals surface area contributed by atoms with Gasteiger partial charge in [0.2, 0.25) is 6.29 Å². The molecule has 0 bridgehead atoms. The van der Waals surface area contributed by atoms with Gasteiger partial charge in [0.05, 0.1) is 11.1 Å². The van der Waals surface area contributed by atoms with E-state index in [4.69, 9.17) is 24.4 Å². The lowest BCUT2D eigenvalue weighted by Gasteiger charge is -2.43. The summed E-state index contributed by atoms with van der Waals surface area (Å²) in [7, 11) is 0. The third-order valence-electron chi connectivity index (χ3n) is 5.39. The molecule has 5 unspecified atom stereocenters. The molecule has 0 spiro atoms. The molecule has 2 aromatic carbocycles. The molecule has 0 aromatic heterocycles. The van der Waals surface area contributed by atoms with Gasteiger partial charge in [-0.25, -0.2) is 9.59 Å². The molecule has 0 saturated carbocycles. The summed E-state index contributed by atoms with van der Waals surface area (Å²) < 4.78 is 22.8. The van der Waals surface area contributed by atoms with E-state index < -0.39 is 30.4 Å². The molecule has 3 rings (SSSR count). The van der Waals surface area contributed by atoms with Crippen LogP contribution >= 0.6 is 0 Å². The first-order valence-corrected chi connectivity index (χ1v) is 10.2. The van der Waals surface area contributed by atoms with Gasteiger partial charge in [-0.05, 0) is 24.3 Å². The number of rotatable bonds is 6. The molecule has 7 heteroatoms. The quantitative estimate of drug-likeness (QED) is 0.426. The first kappa shape index (κ1) is 22.5. The first-order chi connectivity index (χ1) is 14.9. The molecular formula is C24H27NO6. The topological polar surface area (TPSA) is 94.9 Å². The maximum absolute atomic E-state index is 12.7. The molecule has 1 saturated heterocycles. The Morgan fingerprint density at radius 1 is 0.871 bits per heavy atom. The Bertz CT molecular complexity index is 901. The van der Waals surface area contributed by atoms with Gasteiger partial charge in [-0.2, -0.15) is 0 Å². The highest BCUT2D eigenvalue weighted by Gasteiger charge is 2.45. The Morgan fingerprint density at radius 2 is 1.42 bits per heavy atom. The van der Waals surface area contributed by atoms with Gasteiger partial charge in [-0.3, -0.25) is 5.41 Å². The summed E-state index contributed by atoms with van der Waals surface area (Å²) in [5, 5.41) is 7.64. The van der Waals surface area contributed by atoms with E-state index in [-0.39, 0.29) is 24.3 Å². The average Bonchev–Trinajstić information content (AvgIpc) is 2.78. The molecule has 5 atom stereocenters. The van der Waals surface area contributed by atoms with Crippen LogP contribution in [0.15, 0.2) is 60.7 Å². The van der Waals surface area contributed by atoms with E-state index in [1.165, 1.54) is 6.92 Å². The molecule has 1 aliphatic heterocycles. The zero-order valence-electron chi connectivity index (χ0n) is 17.8. The van der Waals surface area contributed by atoms with Gasteiger partial charge < -0.3 is 18.9 Å². The Kier molecular flexibility index (Phi) is 7.41. The van der Waals surface area contributed by atoms with Crippen LogP contribution in [0.5, 0.6) is 0 Å². The van der Waals surface area contributed by atoms with Crippen LogP contribution in [-0.2, 0) is 18.9 Å². The molecule has 31 heavy (non-hydrogen) atoms. The monoisotopic (exact) mass is 425 g/mol. The second-order valence-corrected chi connectivity index (χ2v) is 7.64. The number of hydrogen-bond acceptors (Lipinski definition) is 7. The molecule has 0 amide bonds. The SMILES string of the molecule is CC(=N)OC1OC(COC(=O)c2ccccc2)C(OC(=O)c2ccccc2)C(C)C1C. The summed E-state index contributed by atoms with van der Waals surface area (Å²) in [6, 6.07) is 17.3. The van der Waals surface area contributed by atoms with Crippen molar-refractivity contribution in [3.63, 3.8) is 0 Å². The van der Waals surface area contributed by atoms with Crippen molar-refractivity contribution in [2.24, 2.45) is 11.8 Å². The van der Waals surface area contributed by atoms with Crippen LogP contribution in [0.25, 0.3) is 0 Å². The molecule has 1 fully saturated rings. The van der Waals surface area contributed by atoms with E-state index in [0.717, 1.165) is 0 Å². The largest absolute Gasteiger partial charge is 0.459 e. The van der Waals surface area contributed by atoms with Gasteiger partial charge in [0.1, 0.15) is 18.8 Å². The average molecular weight is 425 g/mol. The van der Waals surface area contributed by atoms with Gasteiger partial charge in [-0.15, -0.1) is 0 Å². The van der Waals surface area contributed by atoms with E-state index >= 15 is 0 Å². The van der Waals surface area contributed by atoms with Crippen molar-refractivity contribution in [1.82, 2.24) is 0 Å². The third-order valence-corrected chi connectivity index (χ3v) is 5.39. The molecule has 1 N–H and O–H groups in total. The standard InChI is InChI=1S/C24H27NO6/c1-15-16(2)24(29-17(3)25)30-20(14-28-22(26)18-10-6-4-7-11-18)21(15)31-23(27)19-12-8-5-9-13-19/h4-13,15-16,20-21,24-25H,14H2,1-3H3. The van der Waals surface area contributed by atoms with E-state index in [1.54, 1.807) is 48.5 Å². The number of ether oxygens (including phenoxy) is 4. The fraction of sp³-hybridized carbons (Fsp3) is 0.375. The van der Waals surface area contributed by atoms with Crippen molar-refractivity contribution in [2.75, 3.05) is 6.61 Å². The van der Waals surface area contributed by atoms with Crippen molar-refractivity contribution >= 4 is 17.8 Å². The summed E-state index contributed by atoms with van der Waals surface area (Å²) in [5.41, 5.74) is 0.844. The fourth-order valence-corrected chi connectivity index (χ4v) is 3.47. The van der Waals surface area contributed by atoms with Crippen LogP contribution in [-0.4, -0.2) is 42.9 Å². The van der Waals surface area contributed by atoms with Gasteiger partial charge in [0.15, 0.2) is 5.90 Å². The number of hydrogen-bond donors (Lipinski definition) is 1. The minimum atomic E-state index is -0.740. The van der Waals surface area contributed by atoms with E-state index in [0.29, 0.717) is 11.1 Å². The zero-order valence-corrected chi connectivity index (χ0v) is 17.8. The lowest BCUT2D eigenvalue weighted by atomic mass is 9.84. The van der Waals surface area contributed by atoms with Crippen molar-refractivity contribution in [3.8, 4) is 0 Å². The molecule has 1 heterocycles. The molecule has 1 aliphatic rings. The van der Waals surface area contributed by atoms with E-state index in [1.807, 2.05) is 26.0 Å². The van der Waals surface area contributed by atoms with E-state index in [2.05, 4.69) is 0 Å². The number of nitrogens with one attached hydrogen (secondary N) is 1. The Morgan fingerprint density at radius 3 is 1.97 bits per heavy atom. The zero-order chi connectivity index (χ0) is 22.4. The van der Waals surface area contributed by atoms with Crippen LogP contribution in [0.2, 0.25) is 0 Å². The summed E-state index contributed by atoms with van der Waals surface area (Å²) in [6.07, 6.45) is -2.10. The normalized spacial score (nSPS) is 25.3. The maximum Gasteiger partial charge on any atom is 0.338 e. The van der Waals surface area contributed by atoms with Gasteiger partial charge in [0.25, 0.3) is 0 Å². The fourth-order valence-electron chi connectivity index (χ4n) is 3.47. The number of carbonyl (C=O) groups is 2. The molecule has 0 aliphatic carbocycles. The van der Waals surface area contributed by atoms with Crippen molar-refractivity contribution < 1.29 is 28.5 Å². The van der Waals surface area contributed by atoms with Gasteiger partial charge in [0, 0.05) is 18.8 Å².